The maximum atomic E-state index is 5.48. The van der Waals surface area contributed by atoms with E-state index in [0.29, 0.717) is 17.7 Å². The summed E-state index contributed by atoms with van der Waals surface area (Å²) in [6.45, 7) is 6.74. The third-order valence-corrected chi connectivity index (χ3v) is 6.00. The van der Waals surface area contributed by atoms with E-state index in [4.69, 9.17) is 14.7 Å². The molecule has 0 radical (unpaired) electrons. The Morgan fingerprint density at radius 1 is 1.03 bits per heavy atom. The topological polar surface area (TPSA) is 89.0 Å². The summed E-state index contributed by atoms with van der Waals surface area (Å²) in [6.07, 6.45) is 8.25. The molecule has 1 fully saturated rings. The summed E-state index contributed by atoms with van der Waals surface area (Å²) in [6, 6.07) is 6.67. The van der Waals surface area contributed by atoms with Crippen LogP contribution >= 0.6 is 0 Å². The molecule has 2 aliphatic heterocycles. The number of hydrogen-bond acceptors (Lipinski definition) is 8. The van der Waals surface area contributed by atoms with Crippen LogP contribution in [0.15, 0.2) is 36.8 Å². The predicted molar refractivity (Wildman–Crippen MR) is 119 cm³/mol. The molecule has 1 saturated heterocycles. The van der Waals surface area contributed by atoms with Crippen LogP contribution in [0.3, 0.4) is 0 Å². The Morgan fingerprint density at radius 3 is 2.65 bits per heavy atom. The molecule has 5 heterocycles. The molecule has 8 heteroatoms. The van der Waals surface area contributed by atoms with Crippen LogP contribution in [-0.2, 0) is 11.2 Å². The van der Waals surface area contributed by atoms with Crippen molar-refractivity contribution in [3.05, 3.63) is 53.7 Å². The summed E-state index contributed by atoms with van der Waals surface area (Å²) in [5, 5.41) is 3.68. The number of aromatic nitrogens is 5. The summed E-state index contributed by atoms with van der Waals surface area (Å²) in [4.78, 5) is 25.0. The highest BCUT2D eigenvalue weighted by atomic mass is 16.5. The Bertz CT molecular complexity index is 1050. The van der Waals surface area contributed by atoms with Gasteiger partial charge in [-0.15, -0.1) is 0 Å². The first-order valence-electron chi connectivity index (χ1n) is 10.9. The number of ether oxygens (including phenoxy) is 1. The van der Waals surface area contributed by atoms with Gasteiger partial charge >= 0.3 is 0 Å². The zero-order chi connectivity index (χ0) is 21.2. The molecule has 2 aliphatic rings. The highest BCUT2D eigenvalue weighted by Gasteiger charge is 2.27. The van der Waals surface area contributed by atoms with Crippen LogP contribution in [0.1, 0.15) is 42.8 Å². The molecule has 160 valence electrons. The van der Waals surface area contributed by atoms with Gasteiger partial charge in [-0.25, -0.2) is 24.9 Å². The van der Waals surface area contributed by atoms with E-state index in [2.05, 4.69) is 51.1 Å². The first-order chi connectivity index (χ1) is 15.2. The molecule has 3 aromatic rings. The van der Waals surface area contributed by atoms with Gasteiger partial charge in [-0.05, 0) is 38.8 Å². The molecule has 5 rings (SSSR count). The Labute approximate surface area is 182 Å². The minimum Gasteiger partial charge on any atom is -0.382 e. The molecule has 0 aromatic carbocycles. The molecular weight excluding hydrogens is 390 g/mol. The third-order valence-electron chi connectivity index (χ3n) is 6.00. The second kappa shape index (κ2) is 8.55. The van der Waals surface area contributed by atoms with Gasteiger partial charge in [0.05, 0.1) is 11.7 Å². The zero-order valence-corrected chi connectivity index (χ0v) is 18.0. The van der Waals surface area contributed by atoms with Crippen molar-refractivity contribution in [2.45, 2.75) is 45.2 Å². The average Bonchev–Trinajstić information content (AvgIpc) is 2.80. The summed E-state index contributed by atoms with van der Waals surface area (Å²) >= 11 is 0. The van der Waals surface area contributed by atoms with Crippen LogP contribution in [0.25, 0.3) is 11.6 Å². The second-order valence-electron chi connectivity index (χ2n) is 8.17. The number of aryl methyl sites for hydroxylation is 1. The van der Waals surface area contributed by atoms with Crippen molar-refractivity contribution >= 4 is 11.5 Å². The predicted octanol–water partition coefficient (Wildman–Crippen LogP) is 3.35. The minimum atomic E-state index is 0.139. The molecule has 0 spiro atoms. The lowest BCUT2D eigenvalue weighted by atomic mass is 9.99. The fraction of sp³-hybridized carbons (Fsp3) is 0.435. The van der Waals surface area contributed by atoms with Crippen LogP contribution in [0, 0.1) is 6.92 Å². The van der Waals surface area contributed by atoms with Gasteiger partial charge in [0, 0.05) is 73.8 Å². The number of pyridine rings is 1. The minimum absolute atomic E-state index is 0.139. The average molecular weight is 418 g/mol. The number of hydrogen-bond donors (Lipinski definition) is 1. The molecular formula is C23H27N7O. The number of fused-ring (bicyclic) bond motifs is 1. The lowest BCUT2D eigenvalue weighted by molar-refractivity contribution is 0.0904. The van der Waals surface area contributed by atoms with Crippen molar-refractivity contribution < 1.29 is 4.74 Å². The number of anilines is 2. The number of nitrogens with one attached hydrogen (secondary N) is 1. The quantitative estimate of drug-likeness (QED) is 0.691. The summed E-state index contributed by atoms with van der Waals surface area (Å²) in [7, 11) is 0. The van der Waals surface area contributed by atoms with Crippen LogP contribution < -0.4 is 10.2 Å². The van der Waals surface area contributed by atoms with E-state index in [9.17, 15) is 0 Å². The van der Waals surface area contributed by atoms with Gasteiger partial charge in [0.15, 0.2) is 11.6 Å². The van der Waals surface area contributed by atoms with Crippen molar-refractivity contribution in [3.63, 3.8) is 0 Å². The Kier molecular flexibility index (Phi) is 5.46. The van der Waals surface area contributed by atoms with Crippen LogP contribution in [0.2, 0.25) is 0 Å². The Hall–Kier alpha value is -3.13. The zero-order valence-electron chi connectivity index (χ0n) is 18.0. The smallest absolute Gasteiger partial charge is 0.197 e. The van der Waals surface area contributed by atoms with Crippen molar-refractivity contribution in [1.29, 1.82) is 0 Å². The van der Waals surface area contributed by atoms with Crippen LogP contribution in [0.5, 0.6) is 0 Å². The molecule has 0 aliphatic carbocycles. The van der Waals surface area contributed by atoms with Crippen molar-refractivity contribution in [1.82, 2.24) is 24.9 Å². The van der Waals surface area contributed by atoms with Crippen LogP contribution in [-0.4, -0.2) is 50.7 Å². The van der Waals surface area contributed by atoms with Gasteiger partial charge in [0.2, 0.25) is 0 Å². The van der Waals surface area contributed by atoms with E-state index in [1.54, 1.807) is 18.5 Å². The summed E-state index contributed by atoms with van der Waals surface area (Å²) in [5.74, 6) is 2.13. The SMILES string of the molecule is Cc1cc(NC2CCOCC2)cc(N2CCc3nc(-c4ncccn4)ncc3C2C)n1. The molecule has 1 N–H and O–H groups in total. The second-order valence-corrected chi connectivity index (χ2v) is 8.17. The molecule has 1 unspecified atom stereocenters. The van der Waals surface area contributed by atoms with Gasteiger partial charge in [0.25, 0.3) is 0 Å². The van der Waals surface area contributed by atoms with Gasteiger partial charge in [-0.3, -0.25) is 0 Å². The molecule has 31 heavy (non-hydrogen) atoms. The molecule has 0 amide bonds. The molecule has 1 atom stereocenters. The standard InChI is InChI=1S/C23H27N7O/c1-15-12-18(28-17-5-10-31-11-6-17)13-21(27-15)30-9-4-20-19(16(30)2)14-26-23(29-20)22-24-7-3-8-25-22/h3,7-8,12-14,16-17H,4-6,9-11H2,1-2H3,(H,27,28). The van der Waals surface area contributed by atoms with E-state index in [1.165, 1.54) is 0 Å². The molecule has 3 aromatic heterocycles. The van der Waals surface area contributed by atoms with Gasteiger partial charge < -0.3 is 15.0 Å². The summed E-state index contributed by atoms with van der Waals surface area (Å²) < 4.78 is 5.48. The molecule has 0 saturated carbocycles. The monoisotopic (exact) mass is 417 g/mol. The molecule has 0 bridgehead atoms. The first-order valence-corrected chi connectivity index (χ1v) is 10.9. The van der Waals surface area contributed by atoms with Crippen molar-refractivity contribution in [3.8, 4) is 11.6 Å². The van der Waals surface area contributed by atoms with E-state index < -0.39 is 0 Å². The highest BCUT2D eigenvalue weighted by Crippen LogP contribution is 2.33. The van der Waals surface area contributed by atoms with Gasteiger partial charge in [-0.2, -0.15) is 0 Å². The lowest BCUT2D eigenvalue weighted by Crippen LogP contribution is -2.35. The summed E-state index contributed by atoms with van der Waals surface area (Å²) in [5.41, 5.74) is 4.33. The third kappa shape index (κ3) is 4.20. The molecule has 8 nitrogen and oxygen atoms in total. The van der Waals surface area contributed by atoms with E-state index in [1.807, 2.05) is 6.20 Å². The van der Waals surface area contributed by atoms with Crippen molar-refractivity contribution in [2.75, 3.05) is 30.0 Å². The lowest BCUT2D eigenvalue weighted by Gasteiger charge is -2.36. The van der Waals surface area contributed by atoms with E-state index in [-0.39, 0.29) is 6.04 Å². The van der Waals surface area contributed by atoms with Crippen molar-refractivity contribution in [2.24, 2.45) is 0 Å². The fourth-order valence-corrected chi connectivity index (χ4v) is 4.36. The Balaban J connectivity index is 1.39. The normalized spacial score (nSPS) is 19.2. The van der Waals surface area contributed by atoms with Crippen LogP contribution in [0.4, 0.5) is 11.5 Å². The van der Waals surface area contributed by atoms with Gasteiger partial charge in [0.1, 0.15) is 5.82 Å². The fourth-order valence-electron chi connectivity index (χ4n) is 4.36. The maximum Gasteiger partial charge on any atom is 0.197 e. The number of nitrogens with zero attached hydrogens (tertiary/aromatic N) is 6. The van der Waals surface area contributed by atoms with E-state index >= 15 is 0 Å². The number of rotatable bonds is 4. The first kappa shape index (κ1) is 19.8. The van der Waals surface area contributed by atoms with Gasteiger partial charge in [-0.1, -0.05) is 0 Å². The Morgan fingerprint density at radius 2 is 1.84 bits per heavy atom. The highest BCUT2D eigenvalue weighted by molar-refractivity contribution is 5.57. The van der Waals surface area contributed by atoms with E-state index in [0.717, 1.165) is 67.5 Å². The largest absolute Gasteiger partial charge is 0.382 e. The maximum absolute atomic E-state index is 5.48.